The molecule has 3 N–H and O–H groups in total. The molecule has 0 unspecified atom stereocenters. The molecule has 1 amide bonds. The van der Waals surface area contributed by atoms with E-state index in [-0.39, 0.29) is 18.0 Å². The number of nitrogens with two attached hydrogens (primary N) is 1. The molecule has 4 nitrogen and oxygen atoms in total. The Morgan fingerprint density at radius 3 is 2.80 bits per heavy atom. The van der Waals surface area contributed by atoms with Crippen LogP contribution in [0.4, 0.5) is 0 Å². The van der Waals surface area contributed by atoms with Crippen molar-refractivity contribution in [3.8, 4) is 11.8 Å². The smallest absolute Gasteiger partial charge is 0.252 e. The van der Waals surface area contributed by atoms with Gasteiger partial charge in [0.2, 0.25) is 0 Å². The molecule has 0 radical (unpaired) electrons. The third-order valence-corrected chi connectivity index (χ3v) is 3.51. The second-order valence-electron chi connectivity index (χ2n) is 5.18. The lowest BCUT2D eigenvalue weighted by atomic mass is 9.92. The van der Waals surface area contributed by atoms with E-state index in [1.54, 1.807) is 6.07 Å². The number of hydrogen-bond donors (Lipinski definition) is 2. The first kappa shape index (κ1) is 14.6. The van der Waals surface area contributed by atoms with Gasteiger partial charge in [0.15, 0.2) is 0 Å². The van der Waals surface area contributed by atoms with E-state index < -0.39 is 0 Å². The van der Waals surface area contributed by atoms with Gasteiger partial charge in [-0.15, -0.1) is 0 Å². The molecule has 1 aromatic carbocycles. The maximum atomic E-state index is 12.5. The Morgan fingerprint density at radius 1 is 1.40 bits per heavy atom. The molecule has 2 rings (SSSR count). The van der Waals surface area contributed by atoms with Gasteiger partial charge in [0.05, 0.1) is 12.1 Å². The molecule has 1 saturated heterocycles. The minimum absolute atomic E-state index is 0.0867. The van der Waals surface area contributed by atoms with Crippen molar-refractivity contribution in [3.63, 3.8) is 0 Å². The van der Waals surface area contributed by atoms with E-state index >= 15 is 0 Å². The standard InChI is InChI=1S/C16H20N2O2/c1-16(8-11-20-12-9-16)18-15(19)14-7-3-2-5-13(14)6-4-10-17/h2-3,5,7H,8-12,17H2,1H3,(H,18,19). The molecule has 0 spiro atoms. The summed E-state index contributed by atoms with van der Waals surface area (Å²) in [7, 11) is 0. The van der Waals surface area contributed by atoms with Crippen LogP contribution < -0.4 is 11.1 Å². The van der Waals surface area contributed by atoms with Gasteiger partial charge in [0.1, 0.15) is 0 Å². The molecule has 4 heteroatoms. The molecule has 1 aromatic rings. The minimum atomic E-state index is -0.205. The number of benzene rings is 1. The molecule has 1 heterocycles. The Morgan fingerprint density at radius 2 is 2.10 bits per heavy atom. The zero-order valence-corrected chi connectivity index (χ0v) is 11.7. The molecule has 0 aromatic heterocycles. The summed E-state index contributed by atoms with van der Waals surface area (Å²) in [6, 6.07) is 7.34. The summed E-state index contributed by atoms with van der Waals surface area (Å²) in [6.07, 6.45) is 1.66. The molecule has 106 valence electrons. The SMILES string of the molecule is CC1(NC(=O)c2ccccc2C#CCN)CCOCC1. The first-order chi connectivity index (χ1) is 9.64. The van der Waals surface area contributed by atoms with Crippen LogP contribution in [0.15, 0.2) is 24.3 Å². The maximum Gasteiger partial charge on any atom is 0.252 e. The molecular weight excluding hydrogens is 252 g/mol. The first-order valence-corrected chi connectivity index (χ1v) is 6.83. The van der Waals surface area contributed by atoms with Gasteiger partial charge in [-0.25, -0.2) is 0 Å². The summed E-state index contributed by atoms with van der Waals surface area (Å²) < 4.78 is 5.34. The fraction of sp³-hybridized carbons (Fsp3) is 0.438. The molecule has 1 aliphatic heterocycles. The Labute approximate surface area is 119 Å². The monoisotopic (exact) mass is 272 g/mol. The molecule has 0 bridgehead atoms. The molecule has 20 heavy (non-hydrogen) atoms. The van der Waals surface area contributed by atoms with Gasteiger partial charge in [0.25, 0.3) is 5.91 Å². The predicted octanol–water partition coefficient (Wildman–Crippen LogP) is 1.30. The van der Waals surface area contributed by atoms with Crippen LogP contribution in [0, 0.1) is 11.8 Å². The van der Waals surface area contributed by atoms with Crippen LogP contribution in [0.5, 0.6) is 0 Å². The number of carbonyl (C=O) groups is 1. The van der Waals surface area contributed by atoms with E-state index in [0.29, 0.717) is 24.3 Å². The highest BCUT2D eigenvalue weighted by Crippen LogP contribution is 2.20. The number of nitrogens with one attached hydrogen (secondary N) is 1. The summed E-state index contributed by atoms with van der Waals surface area (Å²) in [5, 5.41) is 3.11. The van der Waals surface area contributed by atoms with Crippen LogP contribution in [0.2, 0.25) is 0 Å². The third-order valence-electron chi connectivity index (χ3n) is 3.51. The van der Waals surface area contributed by atoms with Gasteiger partial charge >= 0.3 is 0 Å². The van der Waals surface area contributed by atoms with Crippen molar-refractivity contribution < 1.29 is 9.53 Å². The van der Waals surface area contributed by atoms with Crippen molar-refractivity contribution in [1.82, 2.24) is 5.32 Å². The number of amides is 1. The highest BCUT2D eigenvalue weighted by Gasteiger charge is 2.29. The number of hydrogen-bond acceptors (Lipinski definition) is 3. The molecule has 0 aliphatic carbocycles. The van der Waals surface area contributed by atoms with Crippen molar-refractivity contribution in [1.29, 1.82) is 0 Å². The molecule has 1 fully saturated rings. The van der Waals surface area contributed by atoms with E-state index in [2.05, 4.69) is 24.1 Å². The minimum Gasteiger partial charge on any atom is -0.381 e. The van der Waals surface area contributed by atoms with E-state index in [4.69, 9.17) is 10.5 Å². The largest absolute Gasteiger partial charge is 0.381 e. The Bertz CT molecular complexity index is 537. The quantitative estimate of drug-likeness (QED) is 0.798. The zero-order valence-electron chi connectivity index (χ0n) is 11.7. The van der Waals surface area contributed by atoms with Gasteiger partial charge < -0.3 is 15.8 Å². The molecule has 0 saturated carbocycles. The van der Waals surface area contributed by atoms with Gasteiger partial charge in [-0.3, -0.25) is 4.79 Å². The maximum absolute atomic E-state index is 12.5. The topological polar surface area (TPSA) is 64.4 Å². The summed E-state index contributed by atoms with van der Waals surface area (Å²) in [5.74, 6) is 5.65. The number of carbonyl (C=O) groups excluding carboxylic acids is 1. The van der Waals surface area contributed by atoms with Crippen LogP contribution >= 0.6 is 0 Å². The average molecular weight is 272 g/mol. The Balaban J connectivity index is 2.16. The summed E-state index contributed by atoms with van der Waals surface area (Å²) >= 11 is 0. The number of ether oxygens (including phenoxy) is 1. The lowest BCUT2D eigenvalue weighted by molar-refractivity contribution is 0.0423. The first-order valence-electron chi connectivity index (χ1n) is 6.83. The van der Waals surface area contributed by atoms with Crippen molar-refractivity contribution in [2.75, 3.05) is 19.8 Å². The summed E-state index contributed by atoms with van der Waals surface area (Å²) in [4.78, 5) is 12.5. The predicted molar refractivity (Wildman–Crippen MR) is 78.3 cm³/mol. The van der Waals surface area contributed by atoms with Crippen LogP contribution in [-0.4, -0.2) is 31.2 Å². The van der Waals surface area contributed by atoms with Crippen LogP contribution in [0.1, 0.15) is 35.7 Å². The molecule has 0 atom stereocenters. The van der Waals surface area contributed by atoms with Crippen molar-refractivity contribution in [2.45, 2.75) is 25.3 Å². The highest BCUT2D eigenvalue weighted by molar-refractivity contribution is 5.97. The van der Waals surface area contributed by atoms with E-state index in [0.717, 1.165) is 12.8 Å². The zero-order chi connectivity index (χ0) is 14.4. The average Bonchev–Trinajstić information content (AvgIpc) is 2.45. The van der Waals surface area contributed by atoms with Crippen LogP contribution in [0.25, 0.3) is 0 Å². The molecule has 1 aliphatic rings. The normalized spacial score (nSPS) is 16.9. The lowest BCUT2D eigenvalue weighted by Crippen LogP contribution is -2.49. The van der Waals surface area contributed by atoms with Gasteiger partial charge in [-0.05, 0) is 31.9 Å². The molecular formula is C16H20N2O2. The lowest BCUT2D eigenvalue weighted by Gasteiger charge is -2.34. The highest BCUT2D eigenvalue weighted by atomic mass is 16.5. The second-order valence-corrected chi connectivity index (χ2v) is 5.18. The summed E-state index contributed by atoms with van der Waals surface area (Å²) in [5.41, 5.74) is 6.49. The van der Waals surface area contributed by atoms with E-state index in [1.807, 2.05) is 18.2 Å². The Hall–Kier alpha value is -1.83. The fourth-order valence-corrected chi connectivity index (χ4v) is 2.22. The van der Waals surface area contributed by atoms with Crippen molar-refractivity contribution in [2.24, 2.45) is 5.73 Å². The van der Waals surface area contributed by atoms with Crippen LogP contribution in [-0.2, 0) is 4.74 Å². The third kappa shape index (κ3) is 3.60. The van der Waals surface area contributed by atoms with Gasteiger partial charge in [-0.1, -0.05) is 24.0 Å². The second kappa shape index (κ2) is 6.56. The van der Waals surface area contributed by atoms with E-state index in [9.17, 15) is 4.79 Å². The van der Waals surface area contributed by atoms with Gasteiger partial charge in [0, 0.05) is 24.3 Å². The van der Waals surface area contributed by atoms with Crippen LogP contribution in [0.3, 0.4) is 0 Å². The van der Waals surface area contributed by atoms with Crippen molar-refractivity contribution in [3.05, 3.63) is 35.4 Å². The van der Waals surface area contributed by atoms with Gasteiger partial charge in [-0.2, -0.15) is 0 Å². The number of rotatable bonds is 2. The summed E-state index contributed by atoms with van der Waals surface area (Å²) in [6.45, 7) is 3.71. The van der Waals surface area contributed by atoms with E-state index in [1.165, 1.54) is 0 Å². The van der Waals surface area contributed by atoms with Crippen molar-refractivity contribution >= 4 is 5.91 Å². The fourth-order valence-electron chi connectivity index (χ4n) is 2.22. The Kier molecular flexibility index (Phi) is 4.78.